The zero-order valence-electron chi connectivity index (χ0n) is 20.7. The van der Waals surface area contributed by atoms with E-state index >= 15 is 0 Å². The molecular weight excluding hydrogens is 465 g/mol. The standard InChI is InChI=1S/C28H36FN3O2.ClH/c1-21(2)26(33)30-25(23-6-4-3-5-7-23)12-16-31-17-13-28(14-18-31)15-19-32(27(28)34)20-22-8-10-24(29)11-9-22;/h3-11,21,25H,12-20H2,1-2H3,(H,30,33);1H. The van der Waals surface area contributed by atoms with Crippen LogP contribution in [0.3, 0.4) is 0 Å². The summed E-state index contributed by atoms with van der Waals surface area (Å²) in [6.07, 6.45) is 3.50. The van der Waals surface area contributed by atoms with Gasteiger partial charge in [0, 0.05) is 25.6 Å². The monoisotopic (exact) mass is 501 g/mol. The van der Waals surface area contributed by atoms with Crippen LogP contribution in [0.5, 0.6) is 0 Å². The van der Waals surface area contributed by atoms with E-state index in [0.29, 0.717) is 6.54 Å². The second-order valence-corrected chi connectivity index (χ2v) is 10.1. The van der Waals surface area contributed by atoms with Gasteiger partial charge in [-0.15, -0.1) is 12.4 Å². The Hall–Kier alpha value is -2.44. The Kier molecular flexibility index (Phi) is 9.31. The molecule has 190 valence electrons. The van der Waals surface area contributed by atoms with E-state index in [1.54, 1.807) is 12.1 Å². The fraction of sp³-hybridized carbons (Fsp3) is 0.500. The number of carbonyl (C=O) groups is 2. The van der Waals surface area contributed by atoms with Crippen LogP contribution in [0.1, 0.15) is 56.7 Å². The summed E-state index contributed by atoms with van der Waals surface area (Å²) in [7, 11) is 0. The highest BCUT2D eigenvalue weighted by Crippen LogP contribution is 2.42. The summed E-state index contributed by atoms with van der Waals surface area (Å²) < 4.78 is 13.2. The van der Waals surface area contributed by atoms with Crippen molar-refractivity contribution in [3.63, 3.8) is 0 Å². The number of nitrogens with one attached hydrogen (secondary N) is 1. The Labute approximate surface area is 214 Å². The molecule has 1 spiro atoms. The highest BCUT2D eigenvalue weighted by molar-refractivity contribution is 5.85. The van der Waals surface area contributed by atoms with Crippen molar-refractivity contribution in [1.29, 1.82) is 0 Å². The van der Waals surface area contributed by atoms with Gasteiger partial charge in [0.2, 0.25) is 11.8 Å². The molecule has 0 aliphatic carbocycles. The minimum atomic E-state index is -0.251. The number of hydrogen-bond acceptors (Lipinski definition) is 3. The predicted molar refractivity (Wildman–Crippen MR) is 139 cm³/mol. The second-order valence-electron chi connectivity index (χ2n) is 10.1. The van der Waals surface area contributed by atoms with E-state index in [1.807, 2.05) is 36.9 Å². The lowest BCUT2D eigenvalue weighted by Gasteiger charge is -2.38. The van der Waals surface area contributed by atoms with Gasteiger partial charge in [-0.1, -0.05) is 56.3 Å². The van der Waals surface area contributed by atoms with Gasteiger partial charge in [-0.3, -0.25) is 9.59 Å². The molecule has 5 nitrogen and oxygen atoms in total. The van der Waals surface area contributed by atoms with Gasteiger partial charge in [0.15, 0.2) is 0 Å². The normalized spacial score (nSPS) is 18.5. The first kappa shape index (κ1) is 27.2. The molecule has 2 aliphatic rings. The minimum absolute atomic E-state index is 0. The predicted octanol–water partition coefficient (Wildman–Crippen LogP) is 4.97. The average molecular weight is 502 g/mol. The van der Waals surface area contributed by atoms with E-state index in [-0.39, 0.29) is 47.4 Å². The van der Waals surface area contributed by atoms with E-state index in [4.69, 9.17) is 0 Å². The maximum absolute atomic E-state index is 13.3. The third kappa shape index (κ3) is 6.62. The fourth-order valence-electron chi connectivity index (χ4n) is 5.18. The van der Waals surface area contributed by atoms with Crippen LogP contribution in [-0.2, 0) is 16.1 Å². The van der Waals surface area contributed by atoms with Crippen LogP contribution in [0, 0.1) is 17.2 Å². The van der Waals surface area contributed by atoms with E-state index in [0.717, 1.165) is 63.0 Å². The first-order valence-electron chi connectivity index (χ1n) is 12.5. The maximum Gasteiger partial charge on any atom is 0.229 e. The Morgan fingerprint density at radius 1 is 1.00 bits per heavy atom. The van der Waals surface area contributed by atoms with Gasteiger partial charge in [-0.25, -0.2) is 4.39 Å². The molecule has 2 aromatic rings. The summed E-state index contributed by atoms with van der Waals surface area (Å²) in [5, 5.41) is 3.21. The molecule has 1 unspecified atom stereocenters. The van der Waals surface area contributed by atoms with Crippen molar-refractivity contribution in [2.24, 2.45) is 11.3 Å². The number of rotatable bonds is 8. The van der Waals surface area contributed by atoms with Gasteiger partial charge in [0.1, 0.15) is 5.82 Å². The van der Waals surface area contributed by atoms with Crippen molar-refractivity contribution in [2.75, 3.05) is 26.2 Å². The van der Waals surface area contributed by atoms with Crippen molar-refractivity contribution in [2.45, 2.75) is 52.1 Å². The van der Waals surface area contributed by atoms with Gasteiger partial charge in [0.25, 0.3) is 0 Å². The van der Waals surface area contributed by atoms with Crippen LogP contribution in [0.2, 0.25) is 0 Å². The Bertz CT molecular complexity index is 975. The molecule has 2 aromatic carbocycles. The van der Waals surface area contributed by atoms with Gasteiger partial charge in [0.05, 0.1) is 11.5 Å². The Balaban J connectivity index is 0.00000342. The van der Waals surface area contributed by atoms with Gasteiger partial charge >= 0.3 is 0 Å². The molecule has 2 heterocycles. The maximum atomic E-state index is 13.3. The number of amides is 2. The first-order chi connectivity index (χ1) is 16.4. The van der Waals surface area contributed by atoms with E-state index in [2.05, 4.69) is 22.3 Å². The average Bonchev–Trinajstić information content (AvgIpc) is 3.14. The smallest absolute Gasteiger partial charge is 0.229 e. The fourth-order valence-corrected chi connectivity index (χ4v) is 5.18. The molecular formula is C28H37ClFN3O2. The lowest BCUT2D eigenvalue weighted by Crippen LogP contribution is -2.45. The van der Waals surface area contributed by atoms with Crippen LogP contribution in [-0.4, -0.2) is 47.8 Å². The molecule has 2 saturated heterocycles. The number of piperidine rings is 1. The molecule has 2 aliphatic heterocycles. The van der Waals surface area contributed by atoms with Crippen molar-refractivity contribution in [1.82, 2.24) is 15.1 Å². The molecule has 35 heavy (non-hydrogen) atoms. The van der Waals surface area contributed by atoms with Crippen molar-refractivity contribution >= 4 is 24.2 Å². The summed E-state index contributed by atoms with van der Waals surface area (Å²) in [6.45, 7) is 7.85. The number of nitrogens with zero attached hydrogens (tertiary/aromatic N) is 2. The zero-order chi connectivity index (χ0) is 24.1. The Morgan fingerprint density at radius 3 is 2.26 bits per heavy atom. The van der Waals surface area contributed by atoms with E-state index in [1.165, 1.54) is 12.1 Å². The van der Waals surface area contributed by atoms with Crippen LogP contribution >= 0.6 is 12.4 Å². The van der Waals surface area contributed by atoms with E-state index in [9.17, 15) is 14.0 Å². The molecule has 1 N–H and O–H groups in total. The van der Waals surface area contributed by atoms with Crippen molar-refractivity contribution < 1.29 is 14.0 Å². The molecule has 0 saturated carbocycles. The highest BCUT2D eigenvalue weighted by atomic mass is 35.5. The summed E-state index contributed by atoms with van der Waals surface area (Å²) in [5.41, 5.74) is 1.85. The molecule has 7 heteroatoms. The number of benzene rings is 2. The molecule has 0 aromatic heterocycles. The molecule has 0 radical (unpaired) electrons. The Morgan fingerprint density at radius 2 is 1.63 bits per heavy atom. The van der Waals surface area contributed by atoms with Gasteiger partial charge in [-0.05, 0) is 62.0 Å². The van der Waals surface area contributed by atoms with Gasteiger partial charge in [-0.2, -0.15) is 0 Å². The largest absolute Gasteiger partial charge is 0.349 e. The quantitative estimate of drug-likeness (QED) is 0.556. The summed E-state index contributed by atoms with van der Waals surface area (Å²) in [5.74, 6) is 0.0259. The van der Waals surface area contributed by atoms with Crippen molar-refractivity contribution in [3.8, 4) is 0 Å². The number of halogens is 2. The number of carbonyl (C=O) groups excluding carboxylic acids is 2. The number of hydrogen-bond donors (Lipinski definition) is 1. The third-order valence-corrected chi connectivity index (χ3v) is 7.48. The highest BCUT2D eigenvalue weighted by Gasteiger charge is 2.47. The summed E-state index contributed by atoms with van der Waals surface area (Å²) >= 11 is 0. The topological polar surface area (TPSA) is 52.7 Å². The van der Waals surface area contributed by atoms with Crippen LogP contribution < -0.4 is 5.32 Å². The third-order valence-electron chi connectivity index (χ3n) is 7.48. The molecule has 2 amide bonds. The summed E-state index contributed by atoms with van der Waals surface area (Å²) in [4.78, 5) is 30.0. The van der Waals surface area contributed by atoms with Crippen LogP contribution in [0.4, 0.5) is 4.39 Å². The van der Waals surface area contributed by atoms with Crippen LogP contribution in [0.15, 0.2) is 54.6 Å². The zero-order valence-corrected chi connectivity index (χ0v) is 21.5. The lowest BCUT2D eigenvalue weighted by atomic mass is 9.77. The first-order valence-corrected chi connectivity index (χ1v) is 12.5. The molecule has 0 bridgehead atoms. The summed E-state index contributed by atoms with van der Waals surface area (Å²) in [6, 6.07) is 16.6. The second kappa shape index (κ2) is 12.0. The van der Waals surface area contributed by atoms with E-state index < -0.39 is 0 Å². The SMILES string of the molecule is CC(C)C(=O)NC(CCN1CCC2(CC1)CCN(Cc1ccc(F)cc1)C2=O)c1ccccc1.Cl. The molecule has 2 fully saturated rings. The number of likely N-dealkylation sites (tertiary alicyclic amines) is 2. The molecule has 4 rings (SSSR count). The van der Waals surface area contributed by atoms with Crippen molar-refractivity contribution in [3.05, 3.63) is 71.5 Å². The lowest BCUT2D eigenvalue weighted by molar-refractivity contribution is -0.139. The molecule has 1 atom stereocenters. The van der Waals surface area contributed by atoms with Gasteiger partial charge < -0.3 is 15.1 Å². The minimum Gasteiger partial charge on any atom is -0.349 e. The van der Waals surface area contributed by atoms with Crippen LogP contribution in [0.25, 0.3) is 0 Å².